The van der Waals surface area contributed by atoms with Crippen molar-refractivity contribution < 1.29 is 0 Å². The lowest BCUT2D eigenvalue weighted by molar-refractivity contribution is 0.869. The summed E-state index contributed by atoms with van der Waals surface area (Å²) in [6.07, 6.45) is 1.56. The van der Waals surface area contributed by atoms with Crippen LogP contribution in [0.5, 0.6) is 0 Å². The van der Waals surface area contributed by atoms with Crippen molar-refractivity contribution in [1.29, 1.82) is 5.26 Å². The monoisotopic (exact) mass is 301 g/mol. The molecule has 0 aliphatic heterocycles. The summed E-state index contributed by atoms with van der Waals surface area (Å²) in [4.78, 5) is 4.20. The Hall–Kier alpha value is -1.86. The maximum atomic E-state index is 8.71. The highest BCUT2D eigenvalue weighted by Crippen LogP contribution is 2.25. The number of nitrogens with one attached hydrogen (secondary N) is 1. The predicted molar refractivity (Wildman–Crippen MR) is 75.1 cm³/mol. The van der Waals surface area contributed by atoms with E-state index in [-0.39, 0.29) is 6.04 Å². The Morgan fingerprint density at radius 1 is 1.28 bits per heavy atom. The Morgan fingerprint density at radius 2 is 2.06 bits per heavy atom. The van der Waals surface area contributed by atoms with Gasteiger partial charge in [0.05, 0.1) is 11.6 Å². The summed E-state index contributed by atoms with van der Waals surface area (Å²) in [7, 11) is 0. The summed E-state index contributed by atoms with van der Waals surface area (Å²) in [5.74, 6) is 0.761. The number of hydrogen-bond acceptors (Lipinski definition) is 3. The quantitative estimate of drug-likeness (QED) is 0.935. The number of benzene rings is 1. The molecule has 0 bridgehead atoms. The number of nitriles is 1. The van der Waals surface area contributed by atoms with Crippen molar-refractivity contribution in [2.45, 2.75) is 13.0 Å². The lowest BCUT2D eigenvalue weighted by Crippen LogP contribution is -2.08. The smallest absolute Gasteiger partial charge is 0.126 e. The summed E-state index contributed by atoms with van der Waals surface area (Å²) >= 11 is 3.53. The molecule has 0 spiro atoms. The molecular weight excluding hydrogens is 290 g/mol. The predicted octanol–water partition coefficient (Wildman–Crippen LogP) is 3.89. The second-order valence-electron chi connectivity index (χ2n) is 3.93. The van der Waals surface area contributed by atoms with Crippen LogP contribution in [0, 0.1) is 11.3 Å². The normalized spacial score (nSPS) is 11.6. The highest BCUT2D eigenvalue weighted by molar-refractivity contribution is 9.10. The Bertz CT molecular complexity index is 572. The lowest BCUT2D eigenvalue weighted by atomic mass is 10.1. The molecule has 2 rings (SSSR count). The fourth-order valence-electron chi connectivity index (χ4n) is 1.67. The third-order valence-electron chi connectivity index (χ3n) is 2.63. The van der Waals surface area contributed by atoms with E-state index in [1.165, 1.54) is 5.56 Å². The lowest BCUT2D eigenvalue weighted by Gasteiger charge is -2.16. The fourth-order valence-corrected chi connectivity index (χ4v) is 2.30. The molecule has 2 aromatic rings. The van der Waals surface area contributed by atoms with Crippen LogP contribution < -0.4 is 5.32 Å². The molecule has 0 aliphatic rings. The highest BCUT2D eigenvalue weighted by Gasteiger charge is 2.08. The molecule has 0 aliphatic carbocycles. The number of pyridine rings is 1. The van der Waals surface area contributed by atoms with Gasteiger partial charge >= 0.3 is 0 Å². The summed E-state index contributed by atoms with van der Waals surface area (Å²) in [6.45, 7) is 2.07. The minimum absolute atomic E-state index is 0.140. The molecule has 0 amide bonds. The van der Waals surface area contributed by atoms with Gasteiger partial charge in [0.1, 0.15) is 11.9 Å². The maximum Gasteiger partial charge on any atom is 0.126 e. The third kappa shape index (κ3) is 2.88. The van der Waals surface area contributed by atoms with Gasteiger partial charge < -0.3 is 5.32 Å². The van der Waals surface area contributed by atoms with Gasteiger partial charge in [0.15, 0.2) is 0 Å². The second kappa shape index (κ2) is 5.65. The topological polar surface area (TPSA) is 48.7 Å². The van der Waals surface area contributed by atoms with Crippen LogP contribution in [-0.4, -0.2) is 4.98 Å². The van der Waals surface area contributed by atoms with Crippen molar-refractivity contribution in [2.24, 2.45) is 0 Å². The van der Waals surface area contributed by atoms with E-state index in [4.69, 9.17) is 5.26 Å². The molecule has 4 heteroatoms. The first-order valence-electron chi connectivity index (χ1n) is 5.58. The van der Waals surface area contributed by atoms with Crippen LogP contribution in [0.2, 0.25) is 0 Å². The first-order valence-corrected chi connectivity index (χ1v) is 6.37. The largest absolute Gasteiger partial charge is 0.364 e. The molecule has 3 nitrogen and oxygen atoms in total. The van der Waals surface area contributed by atoms with Gasteiger partial charge in [0.25, 0.3) is 0 Å². The number of anilines is 1. The second-order valence-corrected chi connectivity index (χ2v) is 4.79. The van der Waals surface area contributed by atoms with Crippen molar-refractivity contribution in [2.75, 3.05) is 5.32 Å². The standard InChI is InChI=1S/C14H12BrN3/c1-10(12-4-2-3-5-13(12)15)18-14-7-6-11(8-16)9-17-14/h2-7,9-10H,1H3,(H,17,18)/t10-/m0/s1. The zero-order chi connectivity index (χ0) is 13.0. The Labute approximate surface area is 115 Å². The molecule has 1 aromatic carbocycles. The van der Waals surface area contributed by atoms with Gasteiger partial charge in [0, 0.05) is 10.7 Å². The molecule has 1 aromatic heterocycles. The van der Waals surface area contributed by atoms with Crippen LogP contribution >= 0.6 is 15.9 Å². The van der Waals surface area contributed by atoms with E-state index in [9.17, 15) is 0 Å². The van der Waals surface area contributed by atoms with Gasteiger partial charge in [-0.3, -0.25) is 0 Å². The Kier molecular flexibility index (Phi) is 3.96. The Morgan fingerprint density at radius 3 is 2.67 bits per heavy atom. The molecule has 1 N–H and O–H groups in total. The van der Waals surface area contributed by atoms with Crippen molar-refractivity contribution in [3.05, 3.63) is 58.2 Å². The first-order chi connectivity index (χ1) is 8.70. The zero-order valence-corrected chi connectivity index (χ0v) is 11.5. The van der Waals surface area contributed by atoms with E-state index in [0.717, 1.165) is 10.3 Å². The molecular formula is C14H12BrN3. The van der Waals surface area contributed by atoms with Gasteiger partial charge in [-0.15, -0.1) is 0 Å². The van der Waals surface area contributed by atoms with Crippen LogP contribution in [0.4, 0.5) is 5.82 Å². The number of hydrogen-bond donors (Lipinski definition) is 1. The molecule has 18 heavy (non-hydrogen) atoms. The van der Waals surface area contributed by atoms with Gasteiger partial charge in [0.2, 0.25) is 0 Å². The first kappa shape index (κ1) is 12.6. The third-order valence-corrected chi connectivity index (χ3v) is 3.35. The SMILES string of the molecule is C[C@H](Nc1ccc(C#N)cn1)c1ccccc1Br. The maximum absolute atomic E-state index is 8.71. The minimum Gasteiger partial charge on any atom is -0.364 e. The molecule has 0 radical (unpaired) electrons. The van der Waals surface area contributed by atoms with Crippen LogP contribution in [0.3, 0.4) is 0 Å². The van der Waals surface area contributed by atoms with E-state index >= 15 is 0 Å². The van der Waals surface area contributed by atoms with Crippen molar-refractivity contribution >= 4 is 21.7 Å². The zero-order valence-electron chi connectivity index (χ0n) is 9.89. The van der Waals surface area contributed by atoms with E-state index in [1.54, 1.807) is 12.3 Å². The number of halogens is 1. The van der Waals surface area contributed by atoms with Gasteiger partial charge in [-0.05, 0) is 30.7 Å². The van der Waals surface area contributed by atoms with Gasteiger partial charge in [-0.25, -0.2) is 4.98 Å². The van der Waals surface area contributed by atoms with E-state index in [0.29, 0.717) is 5.56 Å². The van der Waals surface area contributed by atoms with Crippen LogP contribution in [0.25, 0.3) is 0 Å². The average molecular weight is 302 g/mol. The van der Waals surface area contributed by atoms with Crippen LogP contribution in [0.15, 0.2) is 47.1 Å². The van der Waals surface area contributed by atoms with Gasteiger partial charge in [-0.1, -0.05) is 34.1 Å². The van der Waals surface area contributed by atoms with E-state index in [1.807, 2.05) is 24.3 Å². The minimum atomic E-state index is 0.140. The Balaban J connectivity index is 2.14. The molecule has 0 saturated heterocycles. The van der Waals surface area contributed by atoms with Crippen LogP contribution in [0.1, 0.15) is 24.1 Å². The molecule has 0 saturated carbocycles. The summed E-state index contributed by atoms with van der Waals surface area (Å²) < 4.78 is 1.07. The number of aromatic nitrogens is 1. The summed E-state index contributed by atoms with van der Waals surface area (Å²) in [6, 6.07) is 13.8. The molecule has 0 unspecified atom stereocenters. The number of nitrogens with zero attached hydrogens (tertiary/aromatic N) is 2. The molecule has 1 heterocycles. The number of rotatable bonds is 3. The van der Waals surface area contributed by atoms with E-state index in [2.05, 4.69) is 45.3 Å². The van der Waals surface area contributed by atoms with Crippen LogP contribution in [-0.2, 0) is 0 Å². The van der Waals surface area contributed by atoms with Crippen molar-refractivity contribution in [3.63, 3.8) is 0 Å². The average Bonchev–Trinajstić information content (AvgIpc) is 2.40. The molecule has 0 fully saturated rings. The van der Waals surface area contributed by atoms with E-state index < -0.39 is 0 Å². The van der Waals surface area contributed by atoms with Crippen molar-refractivity contribution in [1.82, 2.24) is 4.98 Å². The summed E-state index contributed by atoms with van der Waals surface area (Å²) in [5.41, 5.74) is 1.73. The summed E-state index contributed by atoms with van der Waals surface area (Å²) in [5, 5.41) is 12.0. The highest BCUT2D eigenvalue weighted by atomic mass is 79.9. The van der Waals surface area contributed by atoms with Gasteiger partial charge in [-0.2, -0.15) is 5.26 Å². The fraction of sp³-hybridized carbons (Fsp3) is 0.143. The van der Waals surface area contributed by atoms with Crippen molar-refractivity contribution in [3.8, 4) is 6.07 Å². The molecule has 1 atom stereocenters. The molecule has 90 valence electrons.